The average molecular weight is 330 g/mol. The highest BCUT2D eigenvalue weighted by Crippen LogP contribution is 2.06. The average Bonchev–Trinajstić information content (AvgIpc) is 3.09. The largest absolute Gasteiger partial charge is 0.354 e. The third kappa shape index (κ3) is 6.52. The lowest BCUT2D eigenvalue weighted by atomic mass is 10.1. The molecule has 0 spiro atoms. The van der Waals surface area contributed by atoms with Crippen molar-refractivity contribution >= 4 is 23.2 Å². The number of thiophene rings is 1. The zero-order chi connectivity index (χ0) is 16.3. The second kappa shape index (κ2) is 9.63. The van der Waals surface area contributed by atoms with Crippen LogP contribution in [0.4, 0.5) is 0 Å². The zero-order valence-electron chi connectivity index (χ0n) is 13.2. The van der Waals surface area contributed by atoms with Crippen molar-refractivity contribution in [2.45, 2.75) is 13.0 Å². The van der Waals surface area contributed by atoms with Gasteiger partial charge in [-0.3, -0.25) is 9.79 Å². The van der Waals surface area contributed by atoms with Crippen LogP contribution < -0.4 is 16.0 Å². The molecule has 0 aliphatic carbocycles. The molecule has 6 heteroatoms. The molecule has 2 aromatic rings. The number of nitrogens with zero attached hydrogens (tertiary/aromatic N) is 1. The van der Waals surface area contributed by atoms with E-state index in [1.807, 2.05) is 29.6 Å². The van der Waals surface area contributed by atoms with Gasteiger partial charge in [0.05, 0.1) is 13.1 Å². The van der Waals surface area contributed by atoms with Gasteiger partial charge in [-0.25, -0.2) is 0 Å². The minimum atomic E-state index is -0.0417. The van der Waals surface area contributed by atoms with Crippen LogP contribution in [0.1, 0.15) is 10.4 Å². The first-order chi connectivity index (χ1) is 11.3. The lowest BCUT2D eigenvalue weighted by molar-refractivity contribution is -0.119. The third-order valence-corrected chi connectivity index (χ3v) is 4.11. The van der Waals surface area contributed by atoms with E-state index < -0.39 is 0 Å². The number of hydrogen-bond donors (Lipinski definition) is 3. The smallest absolute Gasteiger partial charge is 0.239 e. The minimum absolute atomic E-state index is 0.0417. The van der Waals surface area contributed by atoms with E-state index in [1.54, 1.807) is 18.4 Å². The van der Waals surface area contributed by atoms with E-state index in [-0.39, 0.29) is 12.5 Å². The number of benzene rings is 1. The van der Waals surface area contributed by atoms with Crippen molar-refractivity contribution in [2.75, 3.05) is 20.1 Å². The lowest BCUT2D eigenvalue weighted by Crippen LogP contribution is -2.43. The van der Waals surface area contributed by atoms with Crippen molar-refractivity contribution in [2.24, 2.45) is 4.99 Å². The lowest BCUT2D eigenvalue weighted by Gasteiger charge is -2.11. The molecule has 0 fully saturated rings. The maximum absolute atomic E-state index is 11.8. The fourth-order valence-corrected chi connectivity index (χ4v) is 2.67. The second-order valence-electron chi connectivity index (χ2n) is 4.94. The van der Waals surface area contributed by atoms with Crippen molar-refractivity contribution in [3.05, 3.63) is 58.3 Å². The van der Waals surface area contributed by atoms with Gasteiger partial charge in [-0.15, -0.1) is 11.3 Å². The molecule has 0 saturated heterocycles. The number of guanidine groups is 1. The molecular formula is C17H22N4OS. The number of rotatable bonds is 7. The summed E-state index contributed by atoms with van der Waals surface area (Å²) in [4.78, 5) is 17.2. The SMILES string of the molecule is CN=C(NCC(=O)NCCc1ccccc1)NCc1cccs1. The molecule has 2 rings (SSSR count). The molecule has 1 amide bonds. The maximum atomic E-state index is 11.8. The predicted octanol–water partition coefficient (Wildman–Crippen LogP) is 1.77. The molecule has 0 saturated carbocycles. The van der Waals surface area contributed by atoms with Gasteiger partial charge >= 0.3 is 0 Å². The van der Waals surface area contributed by atoms with E-state index in [4.69, 9.17) is 0 Å². The van der Waals surface area contributed by atoms with E-state index >= 15 is 0 Å². The number of hydrogen-bond acceptors (Lipinski definition) is 3. The molecule has 0 atom stereocenters. The summed E-state index contributed by atoms with van der Waals surface area (Å²) in [5.41, 5.74) is 1.22. The number of amides is 1. The van der Waals surface area contributed by atoms with Crippen LogP contribution in [0.25, 0.3) is 0 Å². The molecule has 1 heterocycles. The van der Waals surface area contributed by atoms with Gasteiger partial charge in [0, 0.05) is 18.5 Å². The minimum Gasteiger partial charge on any atom is -0.354 e. The molecular weight excluding hydrogens is 308 g/mol. The van der Waals surface area contributed by atoms with Crippen LogP contribution in [-0.2, 0) is 17.8 Å². The van der Waals surface area contributed by atoms with E-state index in [0.717, 1.165) is 6.42 Å². The summed E-state index contributed by atoms with van der Waals surface area (Å²) in [6.45, 7) is 1.54. The number of carbonyl (C=O) groups is 1. The van der Waals surface area contributed by atoms with E-state index in [1.165, 1.54) is 10.4 Å². The molecule has 1 aromatic carbocycles. The van der Waals surface area contributed by atoms with Crippen molar-refractivity contribution < 1.29 is 4.79 Å². The molecule has 0 aliphatic heterocycles. The van der Waals surface area contributed by atoms with Gasteiger partial charge in [-0.2, -0.15) is 0 Å². The van der Waals surface area contributed by atoms with Crippen LogP contribution in [-0.4, -0.2) is 32.0 Å². The summed E-state index contributed by atoms with van der Waals surface area (Å²) in [7, 11) is 1.69. The van der Waals surface area contributed by atoms with E-state index in [9.17, 15) is 4.79 Å². The normalized spacial score (nSPS) is 11.1. The molecule has 23 heavy (non-hydrogen) atoms. The molecule has 0 bridgehead atoms. The quantitative estimate of drug-likeness (QED) is 0.535. The topological polar surface area (TPSA) is 65.5 Å². The van der Waals surface area contributed by atoms with Crippen molar-refractivity contribution in [1.82, 2.24) is 16.0 Å². The van der Waals surface area contributed by atoms with E-state index in [2.05, 4.69) is 39.1 Å². The maximum Gasteiger partial charge on any atom is 0.239 e. The molecule has 3 N–H and O–H groups in total. The fourth-order valence-electron chi connectivity index (χ4n) is 2.02. The predicted molar refractivity (Wildman–Crippen MR) is 95.7 cm³/mol. The number of aliphatic imine (C=N–C) groups is 1. The van der Waals surface area contributed by atoms with Gasteiger partial charge in [-0.1, -0.05) is 36.4 Å². The van der Waals surface area contributed by atoms with Gasteiger partial charge in [0.2, 0.25) is 5.91 Å². The molecule has 5 nitrogen and oxygen atoms in total. The third-order valence-electron chi connectivity index (χ3n) is 3.23. The standard InChI is InChI=1S/C17H22N4OS/c1-18-17(20-12-15-8-5-11-23-15)21-13-16(22)19-10-9-14-6-3-2-4-7-14/h2-8,11H,9-10,12-13H2,1H3,(H,19,22)(H2,18,20,21). The number of nitrogens with one attached hydrogen (secondary N) is 3. The summed E-state index contributed by atoms with van der Waals surface area (Å²) in [6.07, 6.45) is 0.831. The molecule has 122 valence electrons. The van der Waals surface area contributed by atoms with Crippen LogP contribution in [0.3, 0.4) is 0 Å². The highest BCUT2D eigenvalue weighted by molar-refractivity contribution is 7.09. The Morgan fingerprint density at radius 1 is 1.09 bits per heavy atom. The summed E-state index contributed by atoms with van der Waals surface area (Å²) in [5.74, 6) is 0.580. The van der Waals surface area contributed by atoms with Crippen LogP contribution in [0.5, 0.6) is 0 Å². The highest BCUT2D eigenvalue weighted by atomic mass is 32.1. The van der Waals surface area contributed by atoms with Crippen LogP contribution in [0.15, 0.2) is 52.8 Å². The zero-order valence-corrected chi connectivity index (χ0v) is 14.0. The van der Waals surface area contributed by atoms with Gasteiger partial charge in [0.1, 0.15) is 0 Å². The van der Waals surface area contributed by atoms with Crippen molar-refractivity contribution in [3.8, 4) is 0 Å². The van der Waals surface area contributed by atoms with Gasteiger partial charge in [0.25, 0.3) is 0 Å². The first kappa shape index (κ1) is 17.0. The first-order valence-corrected chi connectivity index (χ1v) is 8.43. The number of carbonyl (C=O) groups excluding carboxylic acids is 1. The van der Waals surface area contributed by atoms with Crippen molar-refractivity contribution in [3.63, 3.8) is 0 Å². The molecule has 0 unspecified atom stereocenters. The van der Waals surface area contributed by atoms with E-state index in [0.29, 0.717) is 19.0 Å². The summed E-state index contributed by atoms with van der Waals surface area (Å²) in [5, 5.41) is 11.1. The summed E-state index contributed by atoms with van der Waals surface area (Å²) >= 11 is 1.68. The summed E-state index contributed by atoms with van der Waals surface area (Å²) in [6, 6.07) is 14.2. The van der Waals surface area contributed by atoms with Crippen molar-refractivity contribution in [1.29, 1.82) is 0 Å². The molecule has 0 radical (unpaired) electrons. The van der Waals surface area contributed by atoms with Gasteiger partial charge in [-0.05, 0) is 23.4 Å². The Balaban J connectivity index is 1.62. The Kier molecular flexibility index (Phi) is 7.13. The van der Waals surface area contributed by atoms with Crippen LogP contribution in [0, 0.1) is 0 Å². The Morgan fingerprint density at radius 3 is 2.61 bits per heavy atom. The van der Waals surface area contributed by atoms with Gasteiger partial charge < -0.3 is 16.0 Å². The van der Waals surface area contributed by atoms with Crippen LogP contribution in [0.2, 0.25) is 0 Å². The highest BCUT2D eigenvalue weighted by Gasteiger charge is 2.03. The Hall–Kier alpha value is -2.34. The molecule has 1 aromatic heterocycles. The molecule has 0 aliphatic rings. The van der Waals surface area contributed by atoms with Gasteiger partial charge in [0.15, 0.2) is 5.96 Å². The second-order valence-corrected chi connectivity index (χ2v) is 5.98. The Bertz CT molecular complexity index is 611. The Morgan fingerprint density at radius 2 is 1.91 bits per heavy atom. The van der Waals surface area contributed by atoms with Crippen LogP contribution >= 0.6 is 11.3 Å². The fraction of sp³-hybridized carbons (Fsp3) is 0.294. The first-order valence-electron chi connectivity index (χ1n) is 7.55. The monoisotopic (exact) mass is 330 g/mol. The Labute approximate surface area is 140 Å². The summed E-state index contributed by atoms with van der Waals surface area (Å²) < 4.78 is 0.